The molecule has 2 aromatic rings. The van der Waals surface area contributed by atoms with E-state index in [-0.39, 0.29) is 22.9 Å². The first-order valence-corrected chi connectivity index (χ1v) is 8.92. The summed E-state index contributed by atoms with van der Waals surface area (Å²) < 4.78 is 24.8. The normalized spacial score (nSPS) is 10.5. The molecule has 0 saturated heterocycles. The van der Waals surface area contributed by atoms with Crippen molar-refractivity contribution in [2.75, 3.05) is 13.7 Å². The van der Waals surface area contributed by atoms with Crippen molar-refractivity contribution >= 4 is 17.5 Å². The minimum Gasteiger partial charge on any atom is -0.493 e. The highest BCUT2D eigenvalue weighted by Crippen LogP contribution is 2.28. The Morgan fingerprint density at radius 3 is 2.73 bits per heavy atom. The molecule has 0 bridgehead atoms. The van der Waals surface area contributed by atoms with Crippen LogP contribution in [-0.2, 0) is 17.8 Å². The van der Waals surface area contributed by atoms with Gasteiger partial charge >= 0.3 is 0 Å². The van der Waals surface area contributed by atoms with Gasteiger partial charge in [-0.05, 0) is 36.2 Å². The monoisotopic (exact) mass is 379 g/mol. The maximum absolute atomic E-state index is 13.7. The Bertz CT molecular complexity index is 732. The number of unbranched alkanes of at least 4 members (excludes halogenated alkanes) is 1. The van der Waals surface area contributed by atoms with Crippen molar-refractivity contribution in [2.24, 2.45) is 0 Å². The lowest BCUT2D eigenvalue weighted by Gasteiger charge is -2.13. The largest absolute Gasteiger partial charge is 0.493 e. The van der Waals surface area contributed by atoms with Gasteiger partial charge in [-0.15, -0.1) is 0 Å². The van der Waals surface area contributed by atoms with Gasteiger partial charge in [0.05, 0.1) is 20.1 Å². The molecule has 4 nitrogen and oxygen atoms in total. The smallest absolute Gasteiger partial charge is 0.224 e. The van der Waals surface area contributed by atoms with Gasteiger partial charge in [-0.25, -0.2) is 4.39 Å². The van der Waals surface area contributed by atoms with Gasteiger partial charge in [-0.1, -0.05) is 37.1 Å². The summed E-state index contributed by atoms with van der Waals surface area (Å²) in [4.78, 5) is 12.1. The van der Waals surface area contributed by atoms with Gasteiger partial charge in [0.2, 0.25) is 5.91 Å². The average molecular weight is 380 g/mol. The molecule has 0 aliphatic rings. The molecular formula is C20H23ClFNO3. The summed E-state index contributed by atoms with van der Waals surface area (Å²) in [5.41, 5.74) is 1.06. The first-order valence-electron chi connectivity index (χ1n) is 8.54. The van der Waals surface area contributed by atoms with Gasteiger partial charge < -0.3 is 14.8 Å². The lowest BCUT2D eigenvalue weighted by Crippen LogP contribution is -2.25. The molecule has 140 valence electrons. The first kappa shape index (κ1) is 20.0. The highest BCUT2D eigenvalue weighted by Gasteiger charge is 2.12. The van der Waals surface area contributed by atoms with Gasteiger partial charge in [0.15, 0.2) is 11.5 Å². The van der Waals surface area contributed by atoms with Crippen molar-refractivity contribution in [3.63, 3.8) is 0 Å². The maximum atomic E-state index is 13.7. The molecule has 0 heterocycles. The second-order valence-electron chi connectivity index (χ2n) is 5.84. The zero-order valence-corrected chi connectivity index (χ0v) is 15.7. The van der Waals surface area contributed by atoms with Crippen LogP contribution in [0.4, 0.5) is 4.39 Å². The van der Waals surface area contributed by atoms with Crippen LogP contribution in [0.2, 0.25) is 5.02 Å². The quantitative estimate of drug-likeness (QED) is 0.651. The van der Waals surface area contributed by atoms with Crippen LogP contribution in [0.15, 0.2) is 36.4 Å². The molecule has 1 amide bonds. The molecule has 2 rings (SSSR count). The third-order valence-corrected chi connectivity index (χ3v) is 4.23. The Morgan fingerprint density at radius 1 is 1.23 bits per heavy atom. The number of halogens is 2. The summed E-state index contributed by atoms with van der Waals surface area (Å²) in [6, 6.07) is 9.86. The minimum atomic E-state index is -0.483. The fourth-order valence-corrected chi connectivity index (χ4v) is 2.62. The van der Waals surface area contributed by atoms with E-state index in [1.807, 2.05) is 18.2 Å². The van der Waals surface area contributed by atoms with Crippen LogP contribution in [0.3, 0.4) is 0 Å². The van der Waals surface area contributed by atoms with Crippen LogP contribution in [-0.4, -0.2) is 19.6 Å². The second kappa shape index (κ2) is 10.0. The Hall–Kier alpha value is -2.27. The summed E-state index contributed by atoms with van der Waals surface area (Å²) in [6.07, 6.45) is 1.92. The van der Waals surface area contributed by atoms with Crippen LogP contribution in [0, 0.1) is 5.82 Å². The molecule has 0 aliphatic carbocycles. The van der Waals surface area contributed by atoms with Crippen molar-refractivity contribution in [1.82, 2.24) is 5.32 Å². The lowest BCUT2D eigenvalue weighted by atomic mass is 10.1. The van der Waals surface area contributed by atoms with Crippen LogP contribution in [0.25, 0.3) is 0 Å². The van der Waals surface area contributed by atoms with E-state index < -0.39 is 5.82 Å². The molecular weight excluding hydrogens is 357 g/mol. The van der Waals surface area contributed by atoms with Gasteiger partial charge in [-0.2, -0.15) is 0 Å². The zero-order valence-electron chi connectivity index (χ0n) is 15.0. The number of amides is 1. The number of carbonyl (C=O) groups is 1. The molecule has 0 saturated carbocycles. The van der Waals surface area contributed by atoms with Crippen LogP contribution in [0.1, 0.15) is 30.9 Å². The number of methoxy groups -OCH3 is 1. The molecule has 0 aliphatic heterocycles. The Balaban J connectivity index is 1.95. The average Bonchev–Trinajstić information content (AvgIpc) is 2.64. The third kappa shape index (κ3) is 5.63. The topological polar surface area (TPSA) is 47.6 Å². The predicted octanol–water partition coefficient (Wildman–Crippen LogP) is 4.53. The fraction of sp³-hybridized carbons (Fsp3) is 0.350. The first-order chi connectivity index (χ1) is 12.5. The van der Waals surface area contributed by atoms with E-state index in [2.05, 4.69) is 12.2 Å². The molecule has 6 heteroatoms. The number of hydrogen-bond acceptors (Lipinski definition) is 3. The molecule has 0 atom stereocenters. The van der Waals surface area contributed by atoms with E-state index >= 15 is 0 Å². The molecule has 0 spiro atoms. The highest BCUT2D eigenvalue weighted by molar-refractivity contribution is 6.31. The van der Waals surface area contributed by atoms with Crippen molar-refractivity contribution in [2.45, 2.75) is 32.7 Å². The molecule has 2 aromatic carbocycles. The third-order valence-electron chi connectivity index (χ3n) is 3.87. The summed E-state index contributed by atoms with van der Waals surface area (Å²) in [7, 11) is 1.57. The summed E-state index contributed by atoms with van der Waals surface area (Å²) in [6.45, 7) is 3.03. The Morgan fingerprint density at radius 2 is 2.04 bits per heavy atom. The molecule has 26 heavy (non-hydrogen) atoms. The molecule has 0 unspecified atom stereocenters. The van der Waals surface area contributed by atoms with E-state index in [9.17, 15) is 9.18 Å². The molecule has 1 N–H and O–H groups in total. The Kier molecular flexibility index (Phi) is 7.73. The van der Waals surface area contributed by atoms with E-state index in [4.69, 9.17) is 21.1 Å². The summed E-state index contributed by atoms with van der Waals surface area (Å²) in [5.74, 6) is 0.501. The standard InChI is InChI=1S/C20H23ClFNO3/c1-3-4-10-26-18-9-8-14(11-19(18)25-2)13-23-20(24)12-15-16(21)6-5-7-17(15)22/h5-9,11H,3-4,10,12-13H2,1-2H3,(H,23,24). The van der Waals surface area contributed by atoms with Gasteiger partial charge in [0.25, 0.3) is 0 Å². The number of rotatable bonds is 9. The van der Waals surface area contributed by atoms with Crippen LogP contribution < -0.4 is 14.8 Å². The van der Waals surface area contributed by atoms with Crippen molar-refractivity contribution in [1.29, 1.82) is 0 Å². The number of benzene rings is 2. The maximum Gasteiger partial charge on any atom is 0.224 e. The zero-order chi connectivity index (χ0) is 18.9. The molecule has 0 aromatic heterocycles. The number of hydrogen-bond donors (Lipinski definition) is 1. The molecule has 0 radical (unpaired) electrons. The fourth-order valence-electron chi connectivity index (χ4n) is 2.39. The van der Waals surface area contributed by atoms with Gasteiger partial charge in [0.1, 0.15) is 5.82 Å². The number of ether oxygens (including phenoxy) is 2. The van der Waals surface area contributed by atoms with E-state index in [1.54, 1.807) is 13.2 Å². The van der Waals surface area contributed by atoms with Crippen molar-refractivity contribution in [3.05, 3.63) is 58.4 Å². The van der Waals surface area contributed by atoms with Crippen molar-refractivity contribution in [3.8, 4) is 11.5 Å². The number of nitrogens with one attached hydrogen (secondary N) is 1. The van der Waals surface area contributed by atoms with Crippen LogP contribution in [0.5, 0.6) is 11.5 Å². The minimum absolute atomic E-state index is 0.110. The highest BCUT2D eigenvalue weighted by atomic mass is 35.5. The number of carbonyl (C=O) groups excluding carboxylic acids is 1. The van der Waals surface area contributed by atoms with E-state index in [1.165, 1.54) is 12.1 Å². The lowest BCUT2D eigenvalue weighted by molar-refractivity contribution is -0.120. The van der Waals surface area contributed by atoms with Crippen molar-refractivity contribution < 1.29 is 18.7 Å². The Labute approximate surface area is 158 Å². The second-order valence-corrected chi connectivity index (χ2v) is 6.25. The SMILES string of the molecule is CCCCOc1ccc(CNC(=O)Cc2c(F)cccc2Cl)cc1OC. The van der Waals surface area contributed by atoms with Crippen LogP contribution >= 0.6 is 11.6 Å². The summed E-state index contributed by atoms with van der Waals surface area (Å²) in [5, 5.41) is 3.01. The van der Waals surface area contributed by atoms with Gasteiger partial charge in [-0.3, -0.25) is 4.79 Å². The van der Waals surface area contributed by atoms with E-state index in [0.29, 0.717) is 24.7 Å². The van der Waals surface area contributed by atoms with Gasteiger partial charge in [0, 0.05) is 17.1 Å². The molecule has 0 fully saturated rings. The summed E-state index contributed by atoms with van der Waals surface area (Å²) >= 11 is 5.95. The van der Waals surface area contributed by atoms with E-state index in [0.717, 1.165) is 18.4 Å². The predicted molar refractivity (Wildman–Crippen MR) is 100 cm³/mol.